The van der Waals surface area contributed by atoms with Gasteiger partial charge in [0, 0.05) is 6.42 Å². The van der Waals surface area contributed by atoms with Crippen LogP contribution in [0.4, 0.5) is 0 Å². The van der Waals surface area contributed by atoms with Gasteiger partial charge in [-0.25, -0.2) is 0 Å². The summed E-state index contributed by atoms with van der Waals surface area (Å²) in [6.07, 6.45) is 18.8. The fraction of sp³-hybridized carbons (Fsp3) is 0.886. The molecule has 0 amide bonds. The molecule has 0 saturated heterocycles. The van der Waals surface area contributed by atoms with Gasteiger partial charge in [0.25, 0.3) is 0 Å². The van der Waals surface area contributed by atoms with Crippen LogP contribution in [0, 0.1) is 22.7 Å². The topological polar surface area (TPSA) is 55.8 Å². The second-order valence-corrected chi connectivity index (χ2v) is 17.3. The molecule has 236 valence electrons. The minimum Gasteiger partial charge on any atom is -0.385 e. The summed E-state index contributed by atoms with van der Waals surface area (Å²) in [6, 6.07) is 0. The van der Waals surface area contributed by atoms with Crippen LogP contribution >= 0.6 is 7.60 Å². The van der Waals surface area contributed by atoms with E-state index in [-0.39, 0.29) is 17.0 Å². The predicted octanol–water partition coefficient (Wildman–Crippen LogP) is 11.3. The lowest BCUT2D eigenvalue weighted by atomic mass is 9.66. The van der Waals surface area contributed by atoms with Gasteiger partial charge in [0.1, 0.15) is 0 Å². The average molecular weight is 583 g/mol. The quantitative estimate of drug-likeness (QED) is 0.115. The monoisotopic (exact) mass is 582 g/mol. The summed E-state index contributed by atoms with van der Waals surface area (Å²) in [6.45, 7) is 22.8. The fourth-order valence-corrected chi connectivity index (χ4v) is 7.09. The van der Waals surface area contributed by atoms with Crippen LogP contribution in [0.2, 0.25) is 0 Å². The molecule has 4 nitrogen and oxygen atoms in total. The molecule has 0 saturated carbocycles. The van der Waals surface area contributed by atoms with E-state index < -0.39 is 13.2 Å². The summed E-state index contributed by atoms with van der Waals surface area (Å²) in [5, 5.41) is 11.5. The van der Waals surface area contributed by atoms with Gasteiger partial charge in [0.15, 0.2) is 0 Å². The molecule has 0 aliphatic heterocycles. The van der Waals surface area contributed by atoms with E-state index in [4.69, 9.17) is 9.05 Å². The van der Waals surface area contributed by atoms with E-state index in [2.05, 4.69) is 69.2 Å². The van der Waals surface area contributed by atoms with E-state index in [0.717, 1.165) is 48.7 Å². The van der Waals surface area contributed by atoms with Crippen molar-refractivity contribution in [2.24, 2.45) is 22.7 Å². The fourth-order valence-electron chi connectivity index (χ4n) is 5.31. The van der Waals surface area contributed by atoms with Crippen LogP contribution in [0.25, 0.3) is 0 Å². The third-order valence-corrected chi connectivity index (χ3v) is 10.3. The number of hydrogen-bond acceptors (Lipinski definition) is 4. The van der Waals surface area contributed by atoms with Gasteiger partial charge in [-0.3, -0.25) is 4.57 Å². The molecule has 5 heteroatoms. The van der Waals surface area contributed by atoms with Crippen LogP contribution < -0.4 is 0 Å². The third-order valence-electron chi connectivity index (χ3n) is 8.39. The van der Waals surface area contributed by atoms with Crippen LogP contribution in [0.3, 0.4) is 0 Å². The summed E-state index contributed by atoms with van der Waals surface area (Å²) in [7, 11) is -3.32. The number of aliphatic hydroxyl groups is 1. The van der Waals surface area contributed by atoms with Crippen molar-refractivity contribution >= 4 is 7.60 Å². The summed E-state index contributed by atoms with van der Waals surface area (Å²) in [5.41, 5.74) is 0.765. The smallest absolute Gasteiger partial charge is 0.335 e. The molecule has 0 bridgehead atoms. The zero-order valence-corrected chi connectivity index (χ0v) is 29.1. The highest BCUT2D eigenvalue weighted by Crippen LogP contribution is 2.54. The van der Waals surface area contributed by atoms with Crippen molar-refractivity contribution < 1.29 is 18.7 Å². The molecular weight excluding hydrogens is 515 g/mol. The molecule has 0 fully saturated rings. The van der Waals surface area contributed by atoms with E-state index in [1.807, 2.05) is 12.2 Å². The molecule has 0 aromatic carbocycles. The van der Waals surface area contributed by atoms with Gasteiger partial charge in [-0.2, -0.15) is 0 Å². The summed E-state index contributed by atoms with van der Waals surface area (Å²) >= 11 is 0. The SMILES string of the molecule is CC(C)CCCCCCCOP(=O)(CC1=C(C(C)(C)C)CC(O)(C(C)(C)C)C=C1)OCCCCCCCC(C)C. The highest BCUT2D eigenvalue weighted by atomic mass is 31.2. The normalized spacial score (nSPS) is 18.9. The maximum atomic E-state index is 14.2. The maximum absolute atomic E-state index is 14.2. The van der Waals surface area contributed by atoms with Crippen molar-refractivity contribution in [2.45, 2.75) is 158 Å². The molecule has 1 aliphatic rings. The van der Waals surface area contributed by atoms with E-state index >= 15 is 0 Å². The van der Waals surface area contributed by atoms with Gasteiger partial charge >= 0.3 is 7.60 Å². The second-order valence-electron chi connectivity index (χ2n) is 15.3. The van der Waals surface area contributed by atoms with Crippen molar-refractivity contribution in [1.82, 2.24) is 0 Å². The minimum atomic E-state index is -3.32. The minimum absolute atomic E-state index is 0.157. The van der Waals surface area contributed by atoms with Crippen LogP contribution in [0.15, 0.2) is 23.3 Å². The summed E-state index contributed by atoms with van der Waals surface area (Å²) < 4.78 is 26.4. The Kier molecular flexibility index (Phi) is 16.6. The number of unbranched alkanes of at least 4 members (excludes halogenated alkanes) is 8. The van der Waals surface area contributed by atoms with Gasteiger partial charge in [0.2, 0.25) is 0 Å². The molecule has 1 unspecified atom stereocenters. The highest BCUT2D eigenvalue weighted by molar-refractivity contribution is 7.54. The summed E-state index contributed by atoms with van der Waals surface area (Å²) in [4.78, 5) is 0. The third kappa shape index (κ3) is 14.7. The molecule has 0 aromatic heterocycles. The Bertz CT molecular complexity index is 784. The van der Waals surface area contributed by atoms with Gasteiger partial charge in [0.05, 0.1) is 25.0 Å². The number of allylic oxidation sites excluding steroid dienone is 2. The first-order chi connectivity index (χ1) is 18.5. The predicted molar refractivity (Wildman–Crippen MR) is 174 cm³/mol. The molecule has 1 N–H and O–H groups in total. The van der Waals surface area contributed by atoms with Crippen molar-refractivity contribution in [1.29, 1.82) is 0 Å². The van der Waals surface area contributed by atoms with E-state index in [1.165, 1.54) is 51.4 Å². The average Bonchev–Trinajstić information content (AvgIpc) is 2.82. The maximum Gasteiger partial charge on any atom is 0.335 e. The Balaban J connectivity index is 2.85. The molecule has 0 radical (unpaired) electrons. The first-order valence-electron chi connectivity index (χ1n) is 16.5. The van der Waals surface area contributed by atoms with E-state index in [9.17, 15) is 9.67 Å². The lowest BCUT2D eigenvalue weighted by Gasteiger charge is -2.44. The van der Waals surface area contributed by atoms with Crippen LogP contribution in [-0.4, -0.2) is 30.1 Å². The second kappa shape index (κ2) is 17.6. The van der Waals surface area contributed by atoms with E-state index in [1.54, 1.807) is 0 Å². The molecule has 0 spiro atoms. The number of rotatable bonds is 20. The zero-order chi connectivity index (χ0) is 30.5. The highest BCUT2D eigenvalue weighted by Gasteiger charge is 2.43. The first-order valence-corrected chi connectivity index (χ1v) is 18.2. The van der Waals surface area contributed by atoms with Crippen molar-refractivity contribution in [3.8, 4) is 0 Å². The lowest BCUT2D eigenvalue weighted by molar-refractivity contribution is -0.0178. The first kappa shape index (κ1) is 37.6. The Morgan fingerprint density at radius 1 is 0.775 bits per heavy atom. The molecule has 0 aromatic rings. The van der Waals surface area contributed by atoms with Crippen LogP contribution in [-0.2, 0) is 13.6 Å². The van der Waals surface area contributed by atoms with Gasteiger partial charge in [-0.15, -0.1) is 0 Å². The molecule has 1 aliphatic carbocycles. The summed E-state index contributed by atoms with van der Waals surface area (Å²) in [5.74, 6) is 1.54. The van der Waals surface area contributed by atoms with Crippen molar-refractivity contribution in [3.05, 3.63) is 23.3 Å². The molecule has 0 heterocycles. The van der Waals surface area contributed by atoms with E-state index in [0.29, 0.717) is 19.6 Å². The Morgan fingerprint density at radius 3 is 1.60 bits per heavy atom. The largest absolute Gasteiger partial charge is 0.385 e. The molecule has 1 atom stereocenters. The number of hydrogen-bond donors (Lipinski definition) is 1. The lowest BCUT2D eigenvalue weighted by Crippen LogP contribution is -2.44. The van der Waals surface area contributed by atoms with Gasteiger partial charge < -0.3 is 14.2 Å². The molecule has 40 heavy (non-hydrogen) atoms. The molecular formula is C35H67O4P. The zero-order valence-electron chi connectivity index (χ0n) is 28.2. The molecule has 1 rings (SSSR count). The Hall–Kier alpha value is -0.410. The van der Waals surface area contributed by atoms with Crippen LogP contribution in [0.5, 0.6) is 0 Å². The standard InChI is InChI=1S/C35H67O4P/c1-29(2)21-17-13-11-15-19-25-38-40(37,39-26-20-16-12-14-18-22-30(3)4)28-31-23-24-35(36,34(8,9)10)27-32(31)33(5,6)7/h23-24,29-30,36H,11-22,25-28H2,1-10H3. The van der Waals surface area contributed by atoms with Crippen molar-refractivity contribution in [2.75, 3.05) is 19.4 Å². The van der Waals surface area contributed by atoms with Crippen LogP contribution in [0.1, 0.15) is 153 Å². The Morgan fingerprint density at radius 2 is 1.20 bits per heavy atom. The Labute approximate surface area is 249 Å². The van der Waals surface area contributed by atoms with Gasteiger partial charge in [-0.1, -0.05) is 151 Å². The van der Waals surface area contributed by atoms with Crippen molar-refractivity contribution in [3.63, 3.8) is 0 Å². The van der Waals surface area contributed by atoms with Gasteiger partial charge in [-0.05, 0) is 41.1 Å².